The molecule has 118 valence electrons. The number of rotatable bonds is 10. The van der Waals surface area contributed by atoms with Gasteiger partial charge >= 0.3 is 0 Å². The first-order valence-corrected chi connectivity index (χ1v) is 8.82. The van der Waals surface area contributed by atoms with E-state index in [0.717, 1.165) is 18.3 Å². The third-order valence-electron chi connectivity index (χ3n) is 4.62. The summed E-state index contributed by atoms with van der Waals surface area (Å²) < 4.78 is 0. The fourth-order valence-electron chi connectivity index (χ4n) is 3.42. The van der Waals surface area contributed by atoms with Gasteiger partial charge in [0, 0.05) is 0 Å². The first kappa shape index (κ1) is 18.0. The highest BCUT2D eigenvalue weighted by Gasteiger charge is 2.21. The molecule has 0 heteroatoms. The maximum Gasteiger partial charge on any atom is -0.0245 e. The minimum Gasteiger partial charge on any atom is -0.0999 e. The van der Waals surface area contributed by atoms with Crippen LogP contribution in [-0.2, 0) is 6.42 Å². The Balaban J connectivity index is 2.86. The molecule has 0 N–H and O–H groups in total. The van der Waals surface area contributed by atoms with Crippen LogP contribution in [0.2, 0.25) is 0 Å². The summed E-state index contributed by atoms with van der Waals surface area (Å²) in [6.45, 7) is 13.3. The zero-order valence-corrected chi connectivity index (χ0v) is 14.6. The molecule has 0 aliphatic heterocycles. The van der Waals surface area contributed by atoms with Gasteiger partial charge in [0.15, 0.2) is 0 Å². The summed E-state index contributed by atoms with van der Waals surface area (Å²) in [6.07, 6.45) is 8.86. The molecule has 0 fully saturated rings. The van der Waals surface area contributed by atoms with Gasteiger partial charge in [-0.15, -0.1) is 0 Å². The van der Waals surface area contributed by atoms with Crippen molar-refractivity contribution in [2.75, 3.05) is 0 Å². The fraction of sp³-hybridized carbons (Fsp3) is 0.619. The van der Waals surface area contributed by atoms with E-state index in [2.05, 4.69) is 58.5 Å². The molecular weight excluding hydrogens is 252 g/mol. The zero-order chi connectivity index (χ0) is 15.7. The number of aryl methyl sites for hydroxylation is 1. The van der Waals surface area contributed by atoms with Crippen LogP contribution in [0.25, 0.3) is 0 Å². The van der Waals surface area contributed by atoms with Gasteiger partial charge in [-0.25, -0.2) is 0 Å². The first-order valence-electron chi connectivity index (χ1n) is 8.82. The van der Waals surface area contributed by atoms with Gasteiger partial charge in [0.1, 0.15) is 0 Å². The quantitative estimate of drug-likeness (QED) is 0.418. The molecule has 1 atom stereocenters. The highest BCUT2D eigenvalue weighted by molar-refractivity contribution is 5.23. The van der Waals surface area contributed by atoms with E-state index >= 15 is 0 Å². The molecule has 0 heterocycles. The number of hydrogen-bond donors (Lipinski definition) is 0. The summed E-state index contributed by atoms with van der Waals surface area (Å²) in [7, 11) is 0. The van der Waals surface area contributed by atoms with Gasteiger partial charge in [-0.3, -0.25) is 0 Å². The van der Waals surface area contributed by atoms with E-state index < -0.39 is 0 Å². The second kappa shape index (κ2) is 9.82. The van der Waals surface area contributed by atoms with Gasteiger partial charge < -0.3 is 0 Å². The van der Waals surface area contributed by atoms with Crippen LogP contribution in [0, 0.1) is 18.8 Å². The van der Waals surface area contributed by atoms with Gasteiger partial charge in [0.2, 0.25) is 0 Å². The maximum absolute atomic E-state index is 4.27. The van der Waals surface area contributed by atoms with Crippen molar-refractivity contribution >= 4 is 0 Å². The molecule has 0 amide bonds. The smallest absolute Gasteiger partial charge is 0.0245 e. The highest BCUT2D eigenvalue weighted by atomic mass is 14.3. The largest absolute Gasteiger partial charge is 0.0999 e. The molecule has 1 rings (SSSR count). The molecule has 0 aliphatic carbocycles. The van der Waals surface area contributed by atoms with E-state index in [4.69, 9.17) is 0 Å². The summed E-state index contributed by atoms with van der Waals surface area (Å²) in [4.78, 5) is 0. The lowest BCUT2D eigenvalue weighted by Gasteiger charge is -2.28. The van der Waals surface area contributed by atoms with Crippen LogP contribution in [0.1, 0.15) is 70.4 Å². The molecule has 1 aromatic carbocycles. The van der Waals surface area contributed by atoms with E-state index in [1.807, 2.05) is 0 Å². The maximum atomic E-state index is 4.27. The summed E-state index contributed by atoms with van der Waals surface area (Å²) in [6, 6.07) is 9.05. The van der Waals surface area contributed by atoms with Crippen molar-refractivity contribution < 1.29 is 0 Å². The predicted molar refractivity (Wildman–Crippen MR) is 95.7 cm³/mol. The Morgan fingerprint density at radius 2 is 1.71 bits per heavy atom. The molecule has 0 bridgehead atoms. The summed E-state index contributed by atoms with van der Waals surface area (Å²) in [5, 5.41) is 0. The second-order valence-electron chi connectivity index (χ2n) is 6.60. The van der Waals surface area contributed by atoms with Gasteiger partial charge in [-0.05, 0) is 43.6 Å². The molecule has 0 aromatic heterocycles. The van der Waals surface area contributed by atoms with Gasteiger partial charge in [0.05, 0.1) is 0 Å². The summed E-state index contributed by atoms with van der Waals surface area (Å²) in [5.74, 6) is 1.61. The summed E-state index contributed by atoms with van der Waals surface area (Å²) in [5.41, 5.74) is 4.30. The van der Waals surface area contributed by atoms with Gasteiger partial charge in [-0.1, -0.05) is 88.4 Å². The average molecular weight is 287 g/mol. The Labute approximate surface area is 132 Å². The van der Waals surface area contributed by atoms with Crippen LogP contribution in [0.4, 0.5) is 0 Å². The fourth-order valence-corrected chi connectivity index (χ4v) is 3.42. The molecule has 0 radical (unpaired) electrons. The number of benzene rings is 1. The molecule has 0 saturated carbocycles. The van der Waals surface area contributed by atoms with Crippen molar-refractivity contribution in [2.45, 2.75) is 72.6 Å². The average Bonchev–Trinajstić information content (AvgIpc) is 2.46. The van der Waals surface area contributed by atoms with Crippen molar-refractivity contribution in [2.24, 2.45) is 11.8 Å². The predicted octanol–water partition coefficient (Wildman–Crippen LogP) is 6.73. The van der Waals surface area contributed by atoms with E-state index in [-0.39, 0.29) is 0 Å². The van der Waals surface area contributed by atoms with Crippen LogP contribution in [0.5, 0.6) is 0 Å². The summed E-state index contributed by atoms with van der Waals surface area (Å²) >= 11 is 0. The highest BCUT2D eigenvalue weighted by Crippen LogP contribution is 2.31. The number of hydrogen-bond acceptors (Lipinski definition) is 0. The Morgan fingerprint density at radius 1 is 1.05 bits per heavy atom. The minimum atomic E-state index is 0.763. The van der Waals surface area contributed by atoms with Crippen molar-refractivity contribution in [1.82, 2.24) is 0 Å². The van der Waals surface area contributed by atoms with E-state index in [1.165, 1.54) is 55.2 Å². The third-order valence-corrected chi connectivity index (χ3v) is 4.62. The Kier molecular flexibility index (Phi) is 8.42. The molecule has 0 saturated heterocycles. The topological polar surface area (TPSA) is 0 Å². The normalized spacial score (nSPS) is 12.6. The van der Waals surface area contributed by atoms with Crippen molar-refractivity contribution in [3.8, 4) is 0 Å². The van der Waals surface area contributed by atoms with Crippen LogP contribution in [0.15, 0.2) is 36.4 Å². The van der Waals surface area contributed by atoms with Gasteiger partial charge in [0.25, 0.3) is 0 Å². The lowest BCUT2D eigenvalue weighted by atomic mass is 9.77. The second-order valence-corrected chi connectivity index (χ2v) is 6.60. The van der Waals surface area contributed by atoms with Crippen LogP contribution in [-0.4, -0.2) is 0 Å². The Bertz CT molecular complexity index is 410. The SMILES string of the molecule is C=C(CC)CC(Cc1cccc(C)c1)C(CCC)CCC. The standard InChI is InChI=1S/C21H34/c1-6-10-20(11-7-2)21(15-17(4)8-3)16-19-13-9-12-18(5)14-19/h9,12-14,20-21H,4,6-8,10-11,15-16H2,1-3,5H3. The third kappa shape index (κ3) is 6.50. The molecule has 0 spiro atoms. The molecule has 1 aromatic rings. The first-order chi connectivity index (χ1) is 10.1. The van der Waals surface area contributed by atoms with Crippen molar-refractivity contribution in [1.29, 1.82) is 0 Å². The molecule has 21 heavy (non-hydrogen) atoms. The monoisotopic (exact) mass is 286 g/mol. The molecule has 0 aliphatic rings. The Hall–Kier alpha value is -1.04. The van der Waals surface area contributed by atoms with Gasteiger partial charge in [-0.2, -0.15) is 0 Å². The molecule has 0 nitrogen and oxygen atoms in total. The van der Waals surface area contributed by atoms with Crippen molar-refractivity contribution in [3.05, 3.63) is 47.5 Å². The Morgan fingerprint density at radius 3 is 2.24 bits per heavy atom. The van der Waals surface area contributed by atoms with E-state index in [0.29, 0.717) is 0 Å². The number of allylic oxidation sites excluding steroid dienone is 1. The van der Waals surface area contributed by atoms with Crippen molar-refractivity contribution in [3.63, 3.8) is 0 Å². The lowest BCUT2D eigenvalue weighted by molar-refractivity contribution is 0.283. The van der Waals surface area contributed by atoms with Crippen LogP contribution < -0.4 is 0 Å². The molecule has 1 unspecified atom stereocenters. The lowest BCUT2D eigenvalue weighted by Crippen LogP contribution is -2.18. The zero-order valence-electron chi connectivity index (χ0n) is 14.6. The van der Waals surface area contributed by atoms with Crippen LogP contribution in [0.3, 0.4) is 0 Å². The van der Waals surface area contributed by atoms with Crippen LogP contribution >= 0.6 is 0 Å². The minimum absolute atomic E-state index is 0.763. The van der Waals surface area contributed by atoms with E-state index in [1.54, 1.807) is 0 Å². The van der Waals surface area contributed by atoms with E-state index in [9.17, 15) is 0 Å². The molecular formula is C21H34.